The smallest absolute Gasteiger partial charge is 0.121 e. The van der Waals surface area contributed by atoms with Gasteiger partial charge in [-0.2, -0.15) is 0 Å². The zero-order chi connectivity index (χ0) is 11.6. The fraction of sp³-hybridized carbons (Fsp3) is 0.538. The summed E-state index contributed by atoms with van der Waals surface area (Å²) >= 11 is 0. The Morgan fingerprint density at radius 1 is 1.13 bits per heavy atom. The maximum atomic E-state index is 5.94. The summed E-state index contributed by atoms with van der Waals surface area (Å²) in [4.78, 5) is 0. The first kappa shape index (κ1) is 12.3. The van der Waals surface area contributed by atoms with E-state index >= 15 is 0 Å². The van der Waals surface area contributed by atoms with Crippen molar-refractivity contribution in [2.24, 2.45) is 0 Å². The summed E-state index contributed by atoms with van der Waals surface area (Å²) in [6.45, 7) is 13.4. The van der Waals surface area contributed by atoms with Gasteiger partial charge in [-0.25, -0.2) is 0 Å². The van der Waals surface area contributed by atoms with E-state index < -0.39 is 8.07 Å². The van der Waals surface area contributed by atoms with E-state index in [9.17, 15) is 0 Å². The topological polar surface area (TPSA) is 9.23 Å². The summed E-state index contributed by atoms with van der Waals surface area (Å²) in [5.41, 5.74) is 1.25. The van der Waals surface area contributed by atoms with Gasteiger partial charge < -0.3 is 4.74 Å². The van der Waals surface area contributed by atoms with Crippen LogP contribution in [0.3, 0.4) is 0 Å². The molecule has 2 heteroatoms. The Labute approximate surface area is 94.5 Å². The van der Waals surface area contributed by atoms with Crippen molar-refractivity contribution in [1.29, 1.82) is 0 Å². The quantitative estimate of drug-likeness (QED) is 0.713. The summed E-state index contributed by atoms with van der Waals surface area (Å²) in [5, 5.41) is 1.43. The molecule has 0 N–H and O–H groups in total. The molecule has 0 radical (unpaired) electrons. The molecule has 0 atom stereocenters. The van der Waals surface area contributed by atoms with Crippen LogP contribution in [0.25, 0.3) is 0 Å². The Bertz CT molecular complexity index is 337. The summed E-state index contributed by atoms with van der Waals surface area (Å²) in [7, 11) is -1.30. The molecule has 1 aromatic rings. The van der Waals surface area contributed by atoms with Crippen molar-refractivity contribution >= 4 is 13.3 Å². The van der Waals surface area contributed by atoms with Crippen LogP contribution in [0.15, 0.2) is 18.2 Å². The average molecular weight is 222 g/mol. The van der Waals surface area contributed by atoms with Crippen molar-refractivity contribution in [3.8, 4) is 5.75 Å². The van der Waals surface area contributed by atoms with Gasteiger partial charge in [0.1, 0.15) is 5.75 Å². The monoisotopic (exact) mass is 222 g/mol. The molecule has 1 nitrogen and oxygen atoms in total. The minimum absolute atomic E-state index is 0.251. The molecule has 84 valence electrons. The van der Waals surface area contributed by atoms with Gasteiger partial charge in [0.15, 0.2) is 0 Å². The van der Waals surface area contributed by atoms with Gasteiger partial charge in [0, 0.05) is 0 Å². The van der Waals surface area contributed by atoms with E-state index in [-0.39, 0.29) is 6.10 Å². The van der Waals surface area contributed by atoms with Gasteiger partial charge in [0.2, 0.25) is 0 Å². The lowest BCUT2D eigenvalue weighted by molar-refractivity contribution is 0.243. The molecule has 0 heterocycles. The van der Waals surface area contributed by atoms with Gasteiger partial charge in [-0.3, -0.25) is 0 Å². The molecule has 0 saturated carbocycles. The van der Waals surface area contributed by atoms with Crippen LogP contribution in [-0.2, 0) is 0 Å². The van der Waals surface area contributed by atoms with Crippen LogP contribution >= 0.6 is 0 Å². The van der Waals surface area contributed by atoms with Crippen molar-refractivity contribution < 1.29 is 4.74 Å². The highest BCUT2D eigenvalue weighted by molar-refractivity contribution is 6.89. The number of hydrogen-bond acceptors (Lipinski definition) is 1. The number of rotatable bonds is 3. The molecular formula is C13H22OSi. The first-order chi connectivity index (χ1) is 6.82. The molecule has 0 aromatic heterocycles. The number of para-hydroxylation sites is 1. The van der Waals surface area contributed by atoms with Crippen molar-refractivity contribution in [1.82, 2.24) is 0 Å². The number of ether oxygens (including phenoxy) is 1. The summed E-state index contributed by atoms with van der Waals surface area (Å²) in [5.74, 6) is 1.12. The SMILES string of the molecule is Cc1cccc([Si](C)(C)C)c1OC(C)C. The third-order valence-corrected chi connectivity index (χ3v) is 4.38. The maximum absolute atomic E-state index is 5.94. The number of hydrogen-bond donors (Lipinski definition) is 0. The Hall–Kier alpha value is -0.763. The third-order valence-electron chi connectivity index (χ3n) is 2.37. The Kier molecular flexibility index (Phi) is 3.61. The normalized spacial score (nSPS) is 11.9. The van der Waals surface area contributed by atoms with Crippen LogP contribution in [0.1, 0.15) is 19.4 Å². The zero-order valence-corrected chi connectivity index (χ0v) is 11.7. The van der Waals surface area contributed by atoms with Crippen molar-refractivity contribution in [2.75, 3.05) is 0 Å². The zero-order valence-electron chi connectivity index (χ0n) is 10.7. The lowest BCUT2D eigenvalue weighted by atomic mass is 10.2. The Morgan fingerprint density at radius 3 is 2.20 bits per heavy atom. The van der Waals surface area contributed by atoms with E-state index in [2.05, 4.69) is 58.6 Å². The predicted octanol–water partition coefficient (Wildman–Crippen LogP) is 3.33. The van der Waals surface area contributed by atoms with Crippen molar-refractivity contribution in [3.05, 3.63) is 23.8 Å². The van der Waals surface area contributed by atoms with E-state index in [1.807, 2.05) is 0 Å². The fourth-order valence-electron chi connectivity index (χ4n) is 1.64. The van der Waals surface area contributed by atoms with Gasteiger partial charge >= 0.3 is 0 Å². The standard InChI is InChI=1S/C13H22OSi/c1-10(2)14-13-11(3)8-7-9-12(13)15(4,5)6/h7-10H,1-6H3. The van der Waals surface area contributed by atoms with Crippen LogP contribution in [0.2, 0.25) is 19.6 Å². The molecule has 0 aliphatic carbocycles. The molecule has 1 aromatic carbocycles. The van der Waals surface area contributed by atoms with E-state index in [0.717, 1.165) is 5.75 Å². The molecule has 0 aliphatic heterocycles. The minimum atomic E-state index is -1.30. The van der Waals surface area contributed by atoms with Crippen LogP contribution in [0, 0.1) is 6.92 Å². The largest absolute Gasteiger partial charge is 0.491 e. The van der Waals surface area contributed by atoms with E-state index in [4.69, 9.17) is 4.74 Å². The molecule has 0 bridgehead atoms. The van der Waals surface area contributed by atoms with Gasteiger partial charge in [0.05, 0.1) is 14.2 Å². The second kappa shape index (κ2) is 4.39. The van der Waals surface area contributed by atoms with Crippen molar-refractivity contribution in [3.63, 3.8) is 0 Å². The molecule has 0 spiro atoms. The Balaban J connectivity index is 3.21. The van der Waals surface area contributed by atoms with E-state index in [1.54, 1.807) is 0 Å². The molecule has 0 unspecified atom stereocenters. The van der Waals surface area contributed by atoms with Crippen LogP contribution in [0.5, 0.6) is 5.75 Å². The molecule has 1 rings (SSSR count). The van der Waals surface area contributed by atoms with Crippen molar-refractivity contribution in [2.45, 2.75) is 46.5 Å². The molecule has 0 amide bonds. The maximum Gasteiger partial charge on any atom is 0.121 e. The molecule has 0 aliphatic rings. The summed E-state index contributed by atoms with van der Waals surface area (Å²) in [6, 6.07) is 6.48. The minimum Gasteiger partial charge on any atom is -0.491 e. The highest BCUT2D eigenvalue weighted by atomic mass is 28.3. The van der Waals surface area contributed by atoms with Gasteiger partial charge in [-0.15, -0.1) is 0 Å². The first-order valence-electron chi connectivity index (χ1n) is 5.59. The highest BCUT2D eigenvalue weighted by Gasteiger charge is 2.22. The third kappa shape index (κ3) is 3.10. The predicted molar refractivity (Wildman–Crippen MR) is 69.9 cm³/mol. The second-order valence-corrected chi connectivity index (χ2v) is 10.4. The number of benzene rings is 1. The lowest BCUT2D eigenvalue weighted by Gasteiger charge is -2.24. The van der Waals surface area contributed by atoms with Gasteiger partial charge in [0.25, 0.3) is 0 Å². The second-order valence-electron chi connectivity index (χ2n) is 5.37. The fourth-order valence-corrected chi connectivity index (χ4v) is 3.17. The average Bonchev–Trinajstić information content (AvgIpc) is 2.05. The molecular weight excluding hydrogens is 200 g/mol. The summed E-state index contributed by atoms with van der Waals surface area (Å²) < 4.78 is 5.94. The van der Waals surface area contributed by atoms with Crippen LogP contribution in [-0.4, -0.2) is 14.2 Å². The van der Waals surface area contributed by atoms with E-state index in [1.165, 1.54) is 10.8 Å². The Morgan fingerprint density at radius 2 is 1.73 bits per heavy atom. The van der Waals surface area contributed by atoms with Gasteiger partial charge in [-0.1, -0.05) is 37.8 Å². The molecule has 15 heavy (non-hydrogen) atoms. The molecule has 0 saturated heterocycles. The van der Waals surface area contributed by atoms with E-state index in [0.29, 0.717) is 0 Å². The number of aryl methyl sites for hydroxylation is 1. The van der Waals surface area contributed by atoms with Crippen LogP contribution in [0.4, 0.5) is 0 Å². The van der Waals surface area contributed by atoms with Gasteiger partial charge in [-0.05, 0) is 31.5 Å². The molecule has 0 fully saturated rings. The summed E-state index contributed by atoms with van der Waals surface area (Å²) in [6.07, 6.45) is 0.251. The highest BCUT2D eigenvalue weighted by Crippen LogP contribution is 2.20. The lowest BCUT2D eigenvalue weighted by Crippen LogP contribution is -2.39. The first-order valence-corrected chi connectivity index (χ1v) is 9.09. The van der Waals surface area contributed by atoms with Crippen LogP contribution < -0.4 is 9.92 Å².